The van der Waals surface area contributed by atoms with Gasteiger partial charge in [0.15, 0.2) is 0 Å². The number of hydrogen-bond acceptors (Lipinski definition) is 6. The maximum atomic E-state index is 12.7. The summed E-state index contributed by atoms with van der Waals surface area (Å²) in [7, 11) is 1.92. The van der Waals surface area contributed by atoms with Crippen molar-refractivity contribution in [2.24, 2.45) is 24.3 Å². The predicted octanol–water partition coefficient (Wildman–Crippen LogP) is 3.93. The van der Waals surface area contributed by atoms with Gasteiger partial charge in [0.05, 0.1) is 46.5 Å². The monoisotopic (exact) mass is 451 g/mol. The first-order chi connectivity index (χ1) is 15.2. The number of aromatic nitrogens is 2. The summed E-state index contributed by atoms with van der Waals surface area (Å²) in [6.45, 7) is 8.25. The molecule has 166 valence electrons. The number of pyridine rings is 1. The second-order valence-electron chi connectivity index (χ2n) is 9.13. The second-order valence-corrected chi connectivity index (χ2v) is 10.3. The summed E-state index contributed by atoms with van der Waals surface area (Å²) in [4.78, 5) is 44.6. The summed E-state index contributed by atoms with van der Waals surface area (Å²) < 4.78 is 8.13. The van der Waals surface area contributed by atoms with E-state index in [2.05, 4.69) is 4.98 Å². The third kappa shape index (κ3) is 2.85. The third-order valence-corrected chi connectivity index (χ3v) is 8.12. The number of nitrogens with zero attached hydrogens (tertiary/aromatic N) is 3. The molecule has 1 aliphatic heterocycles. The van der Waals surface area contributed by atoms with Crippen LogP contribution in [0.4, 0.5) is 0 Å². The van der Waals surface area contributed by atoms with Crippen LogP contribution in [0, 0.1) is 24.2 Å². The van der Waals surface area contributed by atoms with Crippen molar-refractivity contribution in [1.82, 2.24) is 14.5 Å². The minimum absolute atomic E-state index is 0.0622. The minimum Gasteiger partial charge on any atom is -0.462 e. The summed E-state index contributed by atoms with van der Waals surface area (Å²) in [5.74, 6) is -0.812. The standard InChI is InChI=1S/C24H25N3O4S/c1-6-31-23(30)15-10-17(26(5)12(15)2)14-7-8-25-16-9-13(32-20(14)16)11-27-21(28)18-19(22(27)29)24(18,3)4/h7-10,18-19H,6,11H2,1-5H3. The first-order valence-corrected chi connectivity index (χ1v) is 11.5. The van der Waals surface area contributed by atoms with E-state index in [4.69, 9.17) is 4.74 Å². The van der Waals surface area contributed by atoms with Crippen LogP contribution in [0.15, 0.2) is 24.4 Å². The maximum absolute atomic E-state index is 12.7. The van der Waals surface area contributed by atoms with Gasteiger partial charge in [0, 0.05) is 29.4 Å². The Balaban J connectivity index is 1.49. The fourth-order valence-electron chi connectivity index (χ4n) is 4.96. The Labute approximate surface area is 190 Å². The molecule has 3 aromatic heterocycles. The normalized spacial score (nSPS) is 21.3. The van der Waals surface area contributed by atoms with Crippen molar-refractivity contribution in [3.63, 3.8) is 0 Å². The molecule has 1 saturated heterocycles. The van der Waals surface area contributed by atoms with E-state index in [1.807, 2.05) is 50.6 Å². The summed E-state index contributed by atoms with van der Waals surface area (Å²) in [5.41, 5.74) is 3.82. The highest BCUT2D eigenvalue weighted by molar-refractivity contribution is 7.19. The van der Waals surface area contributed by atoms with E-state index < -0.39 is 0 Å². The van der Waals surface area contributed by atoms with Crippen LogP contribution >= 0.6 is 11.3 Å². The van der Waals surface area contributed by atoms with Crippen LogP contribution in [-0.2, 0) is 27.9 Å². The lowest BCUT2D eigenvalue weighted by atomic mass is 10.1. The van der Waals surface area contributed by atoms with Crippen molar-refractivity contribution in [3.8, 4) is 11.3 Å². The average molecular weight is 452 g/mol. The molecular formula is C24H25N3O4S. The molecule has 4 heterocycles. The van der Waals surface area contributed by atoms with E-state index in [0.717, 1.165) is 32.0 Å². The third-order valence-electron chi connectivity index (χ3n) is 6.98. The Morgan fingerprint density at radius 3 is 2.56 bits per heavy atom. The zero-order chi connectivity index (χ0) is 22.9. The van der Waals surface area contributed by atoms with Crippen molar-refractivity contribution in [3.05, 3.63) is 40.5 Å². The molecule has 2 fully saturated rings. The lowest BCUT2D eigenvalue weighted by molar-refractivity contribution is -0.143. The Bertz CT molecular complexity index is 1280. The number of esters is 1. The number of imide groups is 1. The van der Waals surface area contributed by atoms with E-state index in [1.54, 1.807) is 13.1 Å². The molecule has 0 bridgehead atoms. The topological polar surface area (TPSA) is 81.5 Å². The number of piperidine rings is 1. The number of ether oxygens (including phenoxy) is 1. The fourth-order valence-corrected chi connectivity index (χ4v) is 6.08. The van der Waals surface area contributed by atoms with Crippen LogP contribution in [0.5, 0.6) is 0 Å². The molecule has 2 amide bonds. The molecule has 2 aliphatic rings. The first-order valence-electron chi connectivity index (χ1n) is 10.7. The van der Waals surface area contributed by atoms with Crippen LogP contribution in [0.3, 0.4) is 0 Å². The van der Waals surface area contributed by atoms with Crippen LogP contribution in [0.25, 0.3) is 21.5 Å². The number of carbonyl (C=O) groups excluding carboxylic acids is 3. The highest BCUT2D eigenvalue weighted by Crippen LogP contribution is 2.63. The van der Waals surface area contributed by atoms with Gasteiger partial charge in [0.25, 0.3) is 0 Å². The van der Waals surface area contributed by atoms with Gasteiger partial charge in [-0.3, -0.25) is 19.5 Å². The Kier molecular flexibility index (Phi) is 4.57. The number of likely N-dealkylation sites (tertiary alicyclic amines) is 1. The van der Waals surface area contributed by atoms with Crippen molar-refractivity contribution in [1.29, 1.82) is 0 Å². The van der Waals surface area contributed by atoms with Crippen molar-refractivity contribution < 1.29 is 19.1 Å². The summed E-state index contributed by atoms with van der Waals surface area (Å²) >= 11 is 1.53. The Morgan fingerprint density at radius 2 is 1.91 bits per heavy atom. The first kappa shape index (κ1) is 20.9. The zero-order valence-electron chi connectivity index (χ0n) is 18.8. The smallest absolute Gasteiger partial charge is 0.339 e. The molecule has 0 radical (unpaired) electrons. The molecule has 0 N–H and O–H groups in total. The quantitative estimate of drug-likeness (QED) is 0.434. The Morgan fingerprint density at radius 1 is 1.22 bits per heavy atom. The van der Waals surface area contributed by atoms with Gasteiger partial charge in [0.1, 0.15) is 0 Å². The van der Waals surface area contributed by atoms with Crippen molar-refractivity contribution >= 4 is 39.3 Å². The number of carbonyl (C=O) groups is 3. The average Bonchev–Trinajstić information content (AvgIpc) is 3.04. The van der Waals surface area contributed by atoms with E-state index >= 15 is 0 Å². The molecule has 7 nitrogen and oxygen atoms in total. The molecule has 0 aromatic carbocycles. The van der Waals surface area contributed by atoms with Gasteiger partial charge in [-0.05, 0) is 37.5 Å². The van der Waals surface area contributed by atoms with Crippen LogP contribution < -0.4 is 0 Å². The van der Waals surface area contributed by atoms with Crippen LogP contribution in [-0.4, -0.2) is 38.8 Å². The highest BCUT2D eigenvalue weighted by atomic mass is 32.1. The van der Waals surface area contributed by atoms with Gasteiger partial charge in [-0.1, -0.05) is 13.8 Å². The number of amides is 2. The summed E-state index contributed by atoms with van der Waals surface area (Å²) in [6, 6.07) is 5.72. The number of rotatable bonds is 5. The van der Waals surface area contributed by atoms with Gasteiger partial charge >= 0.3 is 5.97 Å². The predicted molar refractivity (Wildman–Crippen MR) is 121 cm³/mol. The SMILES string of the molecule is CCOC(=O)c1cc(-c2ccnc3cc(CN4C(=O)C5C(C4=O)C5(C)C)sc23)n(C)c1C. The number of hydrogen-bond donors (Lipinski definition) is 0. The van der Waals surface area contributed by atoms with E-state index in [1.165, 1.54) is 16.2 Å². The zero-order valence-corrected chi connectivity index (χ0v) is 19.6. The molecule has 1 aliphatic carbocycles. The molecule has 2 atom stereocenters. The van der Waals surface area contributed by atoms with Crippen LogP contribution in [0.2, 0.25) is 0 Å². The molecule has 5 rings (SSSR count). The lowest BCUT2D eigenvalue weighted by Crippen LogP contribution is -2.35. The number of fused-ring (bicyclic) bond motifs is 2. The summed E-state index contributed by atoms with van der Waals surface area (Å²) in [5, 5.41) is 0. The Hall–Kier alpha value is -3.00. The van der Waals surface area contributed by atoms with Gasteiger partial charge in [0.2, 0.25) is 11.8 Å². The van der Waals surface area contributed by atoms with Gasteiger partial charge < -0.3 is 9.30 Å². The molecule has 1 saturated carbocycles. The molecule has 0 spiro atoms. The molecule has 32 heavy (non-hydrogen) atoms. The molecule has 2 unspecified atom stereocenters. The van der Waals surface area contributed by atoms with Crippen molar-refractivity contribution in [2.75, 3.05) is 6.61 Å². The van der Waals surface area contributed by atoms with Gasteiger partial charge in [-0.15, -0.1) is 11.3 Å². The van der Waals surface area contributed by atoms with E-state index in [-0.39, 0.29) is 41.6 Å². The van der Waals surface area contributed by atoms with Gasteiger partial charge in [-0.25, -0.2) is 4.79 Å². The van der Waals surface area contributed by atoms with Gasteiger partial charge in [-0.2, -0.15) is 0 Å². The largest absolute Gasteiger partial charge is 0.462 e. The summed E-state index contributed by atoms with van der Waals surface area (Å²) in [6.07, 6.45) is 1.74. The van der Waals surface area contributed by atoms with E-state index in [0.29, 0.717) is 12.2 Å². The van der Waals surface area contributed by atoms with E-state index in [9.17, 15) is 14.4 Å². The second kappa shape index (κ2) is 7.00. The van der Waals surface area contributed by atoms with Crippen LogP contribution in [0.1, 0.15) is 41.7 Å². The number of thiophene rings is 1. The minimum atomic E-state index is -0.337. The highest BCUT2D eigenvalue weighted by Gasteiger charge is 2.72. The maximum Gasteiger partial charge on any atom is 0.339 e. The fraction of sp³-hybridized carbons (Fsp3) is 0.417. The van der Waals surface area contributed by atoms with Crippen molar-refractivity contribution in [2.45, 2.75) is 34.2 Å². The molecule has 3 aromatic rings. The lowest BCUT2D eigenvalue weighted by Gasteiger charge is -2.19. The molecule has 8 heteroatoms. The molecular weight excluding hydrogens is 426 g/mol.